The van der Waals surface area contributed by atoms with E-state index in [4.69, 9.17) is 4.74 Å². The molecule has 1 saturated carbocycles. The summed E-state index contributed by atoms with van der Waals surface area (Å²) < 4.78 is 7.31. The van der Waals surface area contributed by atoms with Crippen LogP contribution < -0.4 is 5.32 Å². The SMILES string of the molecule is CCOC(=O)c1c(C)c(CCC(=O)NC2CCCC2)n(CC)c1C. The fourth-order valence-corrected chi connectivity index (χ4v) is 3.81. The number of hydrogen-bond donors (Lipinski definition) is 1. The second kappa shape index (κ2) is 8.36. The molecule has 0 saturated heterocycles. The Labute approximate surface area is 144 Å². The molecule has 1 aromatic heterocycles. The van der Waals surface area contributed by atoms with Crippen molar-refractivity contribution in [1.82, 2.24) is 9.88 Å². The summed E-state index contributed by atoms with van der Waals surface area (Å²) >= 11 is 0. The topological polar surface area (TPSA) is 60.3 Å². The Morgan fingerprint density at radius 3 is 2.46 bits per heavy atom. The highest BCUT2D eigenvalue weighted by molar-refractivity contribution is 5.93. The minimum Gasteiger partial charge on any atom is -0.462 e. The first kappa shape index (κ1) is 18.6. The molecule has 1 aromatic rings. The lowest BCUT2D eigenvalue weighted by atomic mass is 10.1. The van der Waals surface area contributed by atoms with Gasteiger partial charge in [-0.25, -0.2) is 4.79 Å². The van der Waals surface area contributed by atoms with E-state index in [1.807, 2.05) is 20.8 Å². The highest BCUT2D eigenvalue weighted by atomic mass is 16.5. The number of rotatable bonds is 7. The third kappa shape index (κ3) is 4.00. The van der Waals surface area contributed by atoms with Crippen molar-refractivity contribution in [3.05, 3.63) is 22.5 Å². The molecule has 24 heavy (non-hydrogen) atoms. The molecule has 0 radical (unpaired) electrons. The van der Waals surface area contributed by atoms with Crippen LogP contribution in [0.1, 0.15) is 73.3 Å². The number of carbonyl (C=O) groups excluding carboxylic acids is 2. The van der Waals surface area contributed by atoms with Crippen LogP contribution in [0.5, 0.6) is 0 Å². The summed E-state index contributed by atoms with van der Waals surface area (Å²) in [6.07, 6.45) is 5.74. The van der Waals surface area contributed by atoms with E-state index in [-0.39, 0.29) is 11.9 Å². The number of esters is 1. The van der Waals surface area contributed by atoms with Gasteiger partial charge in [-0.1, -0.05) is 12.8 Å². The number of amides is 1. The van der Waals surface area contributed by atoms with Gasteiger partial charge in [0.1, 0.15) is 0 Å². The van der Waals surface area contributed by atoms with Crippen LogP contribution >= 0.6 is 0 Å². The molecule has 134 valence electrons. The van der Waals surface area contributed by atoms with Gasteiger partial charge >= 0.3 is 5.97 Å². The van der Waals surface area contributed by atoms with E-state index in [1.165, 1.54) is 12.8 Å². The number of carbonyl (C=O) groups is 2. The molecule has 0 unspecified atom stereocenters. The summed E-state index contributed by atoms with van der Waals surface area (Å²) in [5.74, 6) is -0.156. The molecule has 0 bridgehead atoms. The first-order valence-electron chi connectivity index (χ1n) is 9.14. The average molecular weight is 334 g/mol. The molecule has 0 spiro atoms. The highest BCUT2D eigenvalue weighted by Crippen LogP contribution is 2.25. The molecule has 5 nitrogen and oxygen atoms in total. The van der Waals surface area contributed by atoms with Crippen molar-refractivity contribution >= 4 is 11.9 Å². The van der Waals surface area contributed by atoms with E-state index in [2.05, 4.69) is 16.8 Å². The summed E-state index contributed by atoms with van der Waals surface area (Å²) in [4.78, 5) is 24.4. The van der Waals surface area contributed by atoms with Gasteiger partial charge in [0, 0.05) is 30.4 Å². The largest absolute Gasteiger partial charge is 0.462 e. The Morgan fingerprint density at radius 1 is 1.21 bits per heavy atom. The quantitative estimate of drug-likeness (QED) is 0.778. The van der Waals surface area contributed by atoms with E-state index < -0.39 is 0 Å². The van der Waals surface area contributed by atoms with Crippen LogP contribution in [-0.2, 0) is 22.5 Å². The maximum Gasteiger partial charge on any atom is 0.340 e. The van der Waals surface area contributed by atoms with Crippen molar-refractivity contribution in [2.75, 3.05) is 6.61 Å². The van der Waals surface area contributed by atoms with Crippen molar-refractivity contribution in [2.24, 2.45) is 0 Å². The molecule has 0 atom stereocenters. The molecule has 1 aliphatic carbocycles. The molecule has 1 fully saturated rings. The third-order valence-corrected chi connectivity index (χ3v) is 5.01. The monoisotopic (exact) mass is 334 g/mol. The molecule has 1 N–H and O–H groups in total. The second-order valence-electron chi connectivity index (χ2n) is 6.55. The predicted octanol–water partition coefficient (Wildman–Crippen LogP) is 3.29. The number of ether oxygens (including phenoxy) is 1. The van der Waals surface area contributed by atoms with Crippen LogP contribution in [0.2, 0.25) is 0 Å². The van der Waals surface area contributed by atoms with Crippen molar-refractivity contribution in [3.63, 3.8) is 0 Å². The third-order valence-electron chi connectivity index (χ3n) is 5.01. The van der Waals surface area contributed by atoms with E-state index >= 15 is 0 Å². The van der Waals surface area contributed by atoms with Crippen LogP contribution in [0.3, 0.4) is 0 Å². The number of nitrogens with one attached hydrogen (secondary N) is 1. The molecule has 0 aromatic carbocycles. The van der Waals surface area contributed by atoms with Crippen LogP contribution in [0, 0.1) is 13.8 Å². The smallest absolute Gasteiger partial charge is 0.340 e. The van der Waals surface area contributed by atoms with Gasteiger partial charge < -0.3 is 14.6 Å². The number of hydrogen-bond acceptors (Lipinski definition) is 3. The minimum atomic E-state index is -0.267. The Morgan fingerprint density at radius 2 is 1.88 bits per heavy atom. The molecule has 2 rings (SSSR count). The van der Waals surface area contributed by atoms with Crippen LogP contribution in [0.15, 0.2) is 0 Å². The first-order chi connectivity index (χ1) is 11.5. The number of aromatic nitrogens is 1. The van der Waals surface area contributed by atoms with Gasteiger partial charge in [0.15, 0.2) is 0 Å². The van der Waals surface area contributed by atoms with Gasteiger partial charge in [-0.3, -0.25) is 4.79 Å². The van der Waals surface area contributed by atoms with Gasteiger partial charge in [0.25, 0.3) is 0 Å². The Kier molecular flexibility index (Phi) is 6.46. The molecular formula is C19H30N2O3. The zero-order valence-corrected chi connectivity index (χ0v) is 15.4. The van der Waals surface area contributed by atoms with Crippen molar-refractivity contribution < 1.29 is 14.3 Å². The van der Waals surface area contributed by atoms with Gasteiger partial charge in [0.05, 0.1) is 12.2 Å². The predicted molar refractivity (Wildman–Crippen MR) is 94.3 cm³/mol. The van der Waals surface area contributed by atoms with Gasteiger partial charge in [0.2, 0.25) is 5.91 Å². The second-order valence-corrected chi connectivity index (χ2v) is 6.55. The Hall–Kier alpha value is -1.78. The lowest BCUT2D eigenvalue weighted by molar-refractivity contribution is -0.121. The van der Waals surface area contributed by atoms with E-state index in [0.717, 1.165) is 36.3 Å². The fourth-order valence-electron chi connectivity index (χ4n) is 3.81. The summed E-state index contributed by atoms with van der Waals surface area (Å²) in [6.45, 7) is 8.93. The van der Waals surface area contributed by atoms with Crippen LogP contribution in [0.25, 0.3) is 0 Å². The zero-order valence-electron chi connectivity index (χ0n) is 15.4. The lowest BCUT2D eigenvalue weighted by Gasteiger charge is -2.13. The molecular weight excluding hydrogens is 304 g/mol. The van der Waals surface area contributed by atoms with Gasteiger partial charge in [-0.15, -0.1) is 0 Å². The van der Waals surface area contributed by atoms with E-state index in [9.17, 15) is 9.59 Å². The summed E-state index contributed by atoms with van der Waals surface area (Å²) in [5.41, 5.74) is 3.60. The minimum absolute atomic E-state index is 0.112. The lowest BCUT2D eigenvalue weighted by Crippen LogP contribution is -2.32. The van der Waals surface area contributed by atoms with E-state index in [0.29, 0.717) is 31.1 Å². The van der Waals surface area contributed by atoms with Gasteiger partial charge in [-0.2, -0.15) is 0 Å². The normalized spacial score (nSPS) is 14.8. The molecule has 1 amide bonds. The maximum atomic E-state index is 12.2. The van der Waals surface area contributed by atoms with Crippen LogP contribution in [0.4, 0.5) is 0 Å². The molecule has 5 heteroatoms. The standard InChI is InChI=1S/C19H30N2O3/c1-5-21-14(4)18(19(23)24-6-2)13(3)16(21)11-12-17(22)20-15-9-7-8-10-15/h15H,5-12H2,1-4H3,(H,20,22). The van der Waals surface area contributed by atoms with E-state index in [1.54, 1.807) is 0 Å². The number of nitrogens with zero attached hydrogens (tertiary/aromatic N) is 1. The average Bonchev–Trinajstić information content (AvgIpc) is 3.11. The summed E-state index contributed by atoms with van der Waals surface area (Å²) in [5, 5.41) is 3.13. The van der Waals surface area contributed by atoms with Crippen molar-refractivity contribution in [3.8, 4) is 0 Å². The van der Waals surface area contributed by atoms with Crippen molar-refractivity contribution in [2.45, 2.75) is 78.8 Å². The maximum absolute atomic E-state index is 12.2. The van der Waals surface area contributed by atoms with Crippen molar-refractivity contribution in [1.29, 1.82) is 0 Å². The summed E-state index contributed by atoms with van der Waals surface area (Å²) in [6, 6.07) is 0.355. The fraction of sp³-hybridized carbons (Fsp3) is 0.684. The zero-order chi connectivity index (χ0) is 17.7. The van der Waals surface area contributed by atoms with Crippen LogP contribution in [-0.4, -0.2) is 29.1 Å². The Bertz CT molecular complexity index is 598. The highest BCUT2D eigenvalue weighted by Gasteiger charge is 2.23. The Balaban J connectivity index is 2.09. The first-order valence-corrected chi connectivity index (χ1v) is 9.14. The summed E-state index contributed by atoms with van der Waals surface area (Å²) in [7, 11) is 0. The molecule has 0 aliphatic heterocycles. The molecule has 1 aliphatic rings. The molecule has 1 heterocycles. The van der Waals surface area contributed by atoms with Gasteiger partial charge in [-0.05, 0) is 52.5 Å².